The van der Waals surface area contributed by atoms with Crippen LogP contribution in [0.1, 0.15) is 5.56 Å². The van der Waals surface area contributed by atoms with Crippen molar-refractivity contribution in [1.29, 1.82) is 0 Å². The highest BCUT2D eigenvalue weighted by atomic mass is 32.2. The maximum absolute atomic E-state index is 12.9. The number of aromatic nitrogens is 2. The van der Waals surface area contributed by atoms with Crippen molar-refractivity contribution in [2.45, 2.75) is 10.5 Å². The van der Waals surface area contributed by atoms with E-state index in [0.717, 1.165) is 29.2 Å². The summed E-state index contributed by atoms with van der Waals surface area (Å²) in [5, 5.41) is 12.9. The molecule has 0 saturated heterocycles. The summed E-state index contributed by atoms with van der Waals surface area (Å²) in [5.74, 6) is 2.11. The van der Waals surface area contributed by atoms with Gasteiger partial charge in [0, 0.05) is 0 Å². The number of carbonyl (C=O) groups is 1. The summed E-state index contributed by atoms with van der Waals surface area (Å²) in [5.41, 5.74) is -0.896. The minimum absolute atomic E-state index is 0.0927. The summed E-state index contributed by atoms with van der Waals surface area (Å²) in [7, 11) is 0. The SMILES string of the molecule is C#CCNC(=O)CSc1nnc(Nc2ccccc2C(F)(F)F)s1. The summed E-state index contributed by atoms with van der Waals surface area (Å²) < 4.78 is 39.3. The number of amides is 1. The maximum Gasteiger partial charge on any atom is 0.418 e. The maximum atomic E-state index is 12.9. The standard InChI is InChI=1S/C14H11F3N4OS2/c1-2-7-18-11(22)8-23-13-21-20-12(24-13)19-10-6-4-3-5-9(10)14(15,16)17/h1,3-6H,7-8H2,(H,18,22)(H,19,20). The van der Waals surface area contributed by atoms with Crippen molar-refractivity contribution in [2.75, 3.05) is 17.6 Å². The smallest absolute Gasteiger partial charge is 0.344 e. The van der Waals surface area contributed by atoms with Crippen molar-refractivity contribution >= 4 is 39.8 Å². The first kappa shape index (κ1) is 18.1. The van der Waals surface area contributed by atoms with Gasteiger partial charge < -0.3 is 10.6 Å². The predicted octanol–water partition coefficient (Wildman–Crippen LogP) is 3.14. The third kappa shape index (κ3) is 5.14. The molecule has 0 bridgehead atoms. The van der Waals surface area contributed by atoms with E-state index in [2.05, 4.69) is 26.8 Å². The van der Waals surface area contributed by atoms with Gasteiger partial charge in [-0.15, -0.1) is 16.6 Å². The Bertz CT molecular complexity index is 755. The first-order chi connectivity index (χ1) is 11.4. The van der Waals surface area contributed by atoms with E-state index >= 15 is 0 Å². The normalized spacial score (nSPS) is 10.9. The van der Waals surface area contributed by atoms with Gasteiger partial charge in [0.1, 0.15) is 0 Å². The molecule has 2 rings (SSSR count). The Kier molecular flexibility index (Phi) is 6.05. The predicted molar refractivity (Wildman–Crippen MR) is 87.2 cm³/mol. The van der Waals surface area contributed by atoms with Gasteiger partial charge in [-0.3, -0.25) is 4.79 Å². The number of para-hydroxylation sites is 1. The first-order valence-electron chi connectivity index (χ1n) is 6.50. The van der Waals surface area contributed by atoms with Crippen LogP contribution in [0.25, 0.3) is 0 Å². The molecule has 10 heteroatoms. The van der Waals surface area contributed by atoms with E-state index in [-0.39, 0.29) is 29.0 Å². The fraction of sp³-hybridized carbons (Fsp3) is 0.214. The number of nitrogens with one attached hydrogen (secondary N) is 2. The summed E-state index contributed by atoms with van der Waals surface area (Å²) in [6, 6.07) is 5.09. The number of halogens is 3. The molecule has 5 nitrogen and oxygen atoms in total. The van der Waals surface area contributed by atoms with Gasteiger partial charge >= 0.3 is 6.18 Å². The van der Waals surface area contributed by atoms with E-state index in [0.29, 0.717) is 4.34 Å². The van der Waals surface area contributed by atoms with Gasteiger partial charge in [-0.25, -0.2) is 0 Å². The highest BCUT2D eigenvalue weighted by molar-refractivity contribution is 8.01. The average molecular weight is 372 g/mol. The second-order valence-corrected chi connectivity index (χ2v) is 6.51. The topological polar surface area (TPSA) is 66.9 Å². The van der Waals surface area contributed by atoms with Crippen LogP contribution in [0.2, 0.25) is 0 Å². The molecule has 0 spiro atoms. The van der Waals surface area contributed by atoms with Crippen molar-refractivity contribution in [1.82, 2.24) is 15.5 Å². The van der Waals surface area contributed by atoms with Crippen LogP contribution in [0, 0.1) is 12.3 Å². The largest absolute Gasteiger partial charge is 0.418 e. The molecule has 0 aliphatic rings. The number of thioether (sulfide) groups is 1. The van der Waals surface area contributed by atoms with Crippen LogP contribution in [0.5, 0.6) is 0 Å². The average Bonchev–Trinajstić information content (AvgIpc) is 2.98. The minimum atomic E-state index is -4.47. The Morgan fingerprint density at radius 3 is 2.79 bits per heavy atom. The number of benzene rings is 1. The van der Waals surface area contributed by atoms with Gasteiger partial charge in [-0.05, 0) is 12.1 Å². The Morgan fingerprint density at radius 2 is 2.08 bits per heavy atom. The molecule has 0 saturated carbocycles. The highest BCUT2D eigenvalue weighted by Crippen LogP contribution is 2.36. The lowest BCUT2D eigenvalue weighted by molar-refractivity contribution is -0.137. The van der Waals surface area contributed by atoms with Crippen molar-refractivity contribution in [3.05, 3.63) is 29.8 Å². The zero-order valence-electron chi connectivity index (χ0n) is 12.1. The lowest BCUT2D eigenvalue weighted by Crippen LogP contribution is -2.25. The number of hydrogen-bond donors (Lipinski definition) is 2. The number of rotatable bonds is 6. The summed E-state index contributed by atoms with van der Waals surface area (Å²) >= 11 is 2.18. The molecule has 0 radical (unpaired) electrons. The van der Waals surface area contributed by atoms with Gasteiger partial charge in [0.05, 0.1) is 23.5 Å². The number of nitrogens with zero attached hydrogens (tertiary/aromatic N) is 2. The van der Waals surface area contributed by atoms with E-state index in [9.17, 15) is 18.0 Å². The molecule has 24 heavy (non-hydrogen) atoms. The third-order valence-electron chi connectivity index (χ3n) is 2.59. The van der Waals surface area contributed by atoms with Gasteiger partial charge in [0.15, 0.2) is 4.34 Å². The molecule has 0 unspecified atom stereocenters. The van der Waals surface area contributed by atoms with Crippen LogP contribution in [0.15, 0.2) is 28.6 Å². The number of hydrogen-bond acceptors (Lipinski definition) is 6. The van der Waals surface area contributed by atoms with Gasteiger partial charge in [-0.2, -0.15) is 13.2 Å². The van der Waals surface area contributed by atoms with Crippen LogP contribution in [-0.2, 0) is 11.0 Å². The fourth-order valence-corrected chi connectivity index (χ4v) is 3.20. The Morgan fingerprint density at radius 1 is 1.33 bits per heavy atom. The number of terminal acetylenes is 1. The zero-order chi connectivity index (χ0) is 17.6. The molecule has 2 N–H and O–H groups in total. The molecular formula is C14H11F3N4OS2. The molecule has 126 valence electrons. The van der Waals surface area contributed by atoms with E-state index in [1.165, 1.54) is 18.2 Å². The van der Waals surface area contributed by atoms with Crippen LogP contribution in [0.3, 0.4) is 0 Å². The Labute approximate surface area is 144 Å². The molecule has 0 atom stereocenters. The molecular weight excluding hydrogens is 361 g/mol. The van der Waals surface area contributed by atoms with Crippen LogP contribution < -0.4 is 10.6 Å². The Hall–Kier alpha value is -2.25. The summed E-state index contributed by atoms with van der Waals surface area (Å²) in [4.78, 5) is 11.4. The first-order valence-corrected chi connectivity index (χ1v) is 8.30. The third-order valence-corrected chi connectivity index (χ3v) is 4.57. The quantitative estimate of drug-likeness (QED) is 0.602. The van der Waals surface area contributed by atoms with Crippen molar-refractivity contribution in [2.24, 2.45) is 0 Å². The van der Waals surface area contributed by atoms with Gasteiger partial charge in [0.2, 0.25) is 11.0 Å². The fourth-order valence-electron chi connectivity index (χ4n) is 1.60. The van der Waals surface area contributed by atoms with Crippen molar-refractivity contribution in [3.63, 3.8) is 0 Å². The summed E-state index contributed by atoms with van der Waals surface area (Å²) in [6.45, 7) is 0.135. The molecule has 0 aliphatic heterocycles. The molecule has 0 aliphatic carbocycles. The summed E-state index contributed by atoms with van der Waals surface area (Å²) in [6.07, 6.45) is 0.552. The van der Waals surface area contributed by atoms with E-state index in [1.807, 2.05) is 0 Å². The van der Waals surface area contributed by atoms with Crippen molar-refractivity contribution < 1.29 is 18.0 Å². The second-order valence-electron chi connectivity index (χ2n) is 4.31. The molecule has 1 aromatic heterocycles. The number of carbonyl (C=O) groups excluding carboxylic acids is 1. The lowest BCUT2D eigenvalue weighted by atomic mass is 10.2. The number of anilines is 2. The molecule has 1 amide bonds. The molecule has 1 aromatic carbocycles. The second kappa shape index (κ2) is 8.03. The van der Waals surface area contributed by atoms with Crippen LogP contribution in [0.4, 0.5) is 24.0 Å². The molecule has 1 heterocycles. The van der Waals surface area contributed by atoms with Crippen molar-refractivity contribution in [3.8, 4) is 12.3 Å². The van der Waals surface area contributed by atoms with Gasteiger partial charge in [0.25, 0.3) is 0 Å². The minimum Gasteiger partial charge on any atom is -0.344 e. The molecule has 2 aromatic rings. The van der Waals surface area contributed by atoms with Gasteiger partial charge in [-0.1, -0.05) is 41.2 Å². The van der Waals surface area contributed by atoms with Crippen LogP contribution >= 0.6 is 23.1 Å². The monoisotopic (exact) mass is 372 g/mol. The van der Waals surface area contributed by atoms with E-state index < -0.39 is 11.7 Å². The lowest BCUT2D eigenvalue weighted by Gasteiger charge is -2.12. The van der Waals surface area contributed by atoms with E-state index in [4.69, 9.17) is 6.42 Å². The number of alkyl halides is 3. The van der Waals surface area contributed by atoms with E-state index in [1.54, 1.807) is 0 Å². The Balaban J connectivity index is 2.00. The highest BCUT2D eigenvalue weighted by Gasteiger charge is 2.33. The van der Waals surface area contributed by atoms with Crippen LogP contribution in [-0.4, -0.2) is 28.4 Å². The molecule has 0 fully saturated rings. The zero-order valence-corrected chi connectivity index (χ0v) is 13.7.